The van der Waals surface area contributed by atoms with Crippen LogP contribution in [0, 0.1) is 6.92 Å². The third-order valence-electron chi connectivity index (χ3n) is 2.20. The van der Waals surface area contributed by atoms with Crippen LogP contribution < -0.4 is 11.1 Å². The van der Waals surface area contributed by atoms with Crippen LogP contribution in [0.3, 0.4) is 0 Å². The van der Waals surface area contributed by atoms with E-state index in [0.717, 1.165) is 10.7 Å². The molecule has 0 fully saturated rings. The molecule has 1 atom stereocenters. The molecular formula is C10H13N5OS. The summed E-state index contributed by atoms with van der Waals surface area (Å²) in [6.45, 7) is 3.81. The minimum absolute atomic E-state index is 0.134. The molecule has 0 aliphatic rings. The first-order valence-corrected chi connectivity index (χ1v) is 5.98. The third-order valence-corrected chi connectivity index (χ3v) is 3.34. The van der Waals surface area contributed by atoms with E-state index in [1.165, 1.54) is 17.4 Å². The summed E-state index contributed by atoms with van der Waals surface area (Å²) in [6.07, 6.45) is 0. The zero-order valence-corrected chi connectivity index (χ0v) is 10.3. The van der Waals surface area contributed by atoms with E-state index in [4.69, 9.17) is 5.73 Å². The van der Waals surface area contributed by atoms with Gasteiger partial charge in [0.15, 0.2) is 0 Å². The van der Waals surface area contributed by atoms with Crippen molar-refractivity contribution < 1.29 is 4.79 Å². The first-order chi connectivity index (χ1) is 8.06. The first kappa shape index (κ1) is 11.6. The number of carbonyl (C=O) groups is 1. The van der Waals surface area contributed by atoms with E-state index in [9.17, 15) is 4.79 Å². The van der Waals surface area contributed by atoms with Crippen LogP contribution in [0.2, 0.25) is 0 Å². The summed E-state index contributed by atoms with van der Waals surface area (Å²) in [5.74, 6) is 0.0578. The molecule has 0 radical (unpaired) electrons. The fraction of sp³-hybridized carbons (Fsp3) is 0.300. The monoisotopic (exact) mass is 251 g/mol. The van der Waals surface area contributed by atoms with Gasteiger partial charge in [0.05, 0.1) is 6.04 Å². The standard InChI is InChI=1S/C10H13N5OS/c1-5-4-17-10(12-5)6(2)13-9(16)7-3-8(11)15-14-7/h3-4,6H,1-2H3,(H,13,16)(H3,11,14,15)/t6-/m0/s1. The van der Waals surface area contributed by atoms with Crippen molar-refractivity contribution in [3.8, 4) is 0 Å². The fourth-order valence-corrected chi connectivity index (χ4v) is 2.16. The van der Waals surface area contributed by atoms with Crippen LogP contribution >= 0.6 is 11.3 Å². The summed E-state index contributed by atoms with van der Waals surface area (Å²) in [5.41, 5.74) is 6.73. The van der Waals surface area contributed by atoms with Gasteiger partial charge in [-0.1, -0.05) is 0 Å². The lowest BCUT2D eigenvalue weighted by molar-refractivity contribution is 0.0934. The second kappa shape index (κ2) is 4.54. The van der Waals surface area contributed by atoms with Crippen molar-refractivity contribution in [2.75, 3.05) is 5.73 Å². The Balaban J connectivity index is 2.04. The predicted molar refractivity (Wildman–Crippen MR) is 65.7 cm³/mol. The number of nitrogens with zero attached hydrogens (tertiary/aromatic N) is 2. The van der Waals surface area contributed by atoms with Gasteiger partial charge in [-0.15, -0.1) is 11.3 Å². The van der Waals surface area contributed by atoms with Crippen molar-refractivity contribution in [1.82, 2.24) is 20.5 Å². The van der Waals surface area contributed by atoms with Crippen molar-refractivity contribution >= 4 is 23.1 Å². The Labute approximate surface area is 102 Å². The molecule has 2 heterocycles. The maximum atomic E-state index is 11.8. The van der Waals surface area contributed by atoms with Gasteiger partial charge in [0.2, 0.25) is 0 Å². The van der Waals surface area contributed by atoms with Crippen molar-refractivity contribution in [2.45, 2.75) is 19.9 Å². The van der Waals surface area contributed by atoms with Gasteiger partial charge >= 0.3 is 0 Å². The van der Waals surface area contributed by atoms with Gasteiger partial charge in [0, 0.05) is 17.1 Å². The number of nitrogen functional groups attached to an aromatic ring is 1. The van der Waals surface area contributed by atoms with E-state index in [2.05, 4.69) is 20.5 Å². The maximum absolute atomic E-state index is 11.8. The number of aromatic amines is 1. The SMILES string of the molecule is Cc1csc([C@H](C)NC(=O)c2cc(N)n[nH]2)n1. The summed E-state index contributed by atoms with van der Waals surface area (Å²) in [7, 11) is 0. The number of nitrogens with one attached hydrogen (secondary N) is 2. The molecule has 0 spiro atoms. The average Bonchev–Trinajstić information content (AvgIpc) is 2.87. The topological polar surface area (TPSA) is 96.7 Å². The normalized spacial score (nSPS) is 12.4. The summed E-state index contributed by atoms with van der Waals surface area (Å²) in [4.78, 5) is 16.1. The van der Waals surface area contributed by atoms with Crippen LogP contribution in [0.15, 0.2) is 11.4 Å². The molecule has 2 aromatic heterocycles. The number of hydrogen-bond donors (Lipinski definition) is 3. The molecule has 0 saturated heterocycles. The molecule has 1 amide bonds. The fourth-order valence-electron chi connectivity index (χ4n) is 1.36. The lowest BCUT2D eigenvalue weighted by atomic mass is 10.3. The molecule has 0 aliphatic carbocycles. The van der Waals surface area contributed by atoms with Gasteiger partial charge in [-0.05, 0) is 13.8 Å². The van der Waals surface area contributed by atoms with E-state index in [0.29, 0.717) is 11.5 Å². The van der Waals surface area contributed by atoms with E-state index in [1.54, 1.807) is 0 Å². The number of aromatic nitrogens is 3. The first-order valence-electron chi connectivity index (χ1n) is 5.10. The Morgan fingerprint density at radius 2 is 2.41 bits per heavy atom. The Morgan fingerprint density at radius 1 is 1.65 bits per heavy atom. The summed E-state index contributed by atoms with van der Waals surface area (Å²) in [6, 6.07) is 1.36. The van der Waals surface area contributed by atoms with E-state index in [1.807, 2.05) is 19.2 Å². The van der Waals surface area contributed by atoms with Gasteiger partial charge in [0.25, 0.3) is 5.91 Å². The second-order valence-electron chi connectivity index (χ2n) is 3.73. The van der Waals surface area contributed by atoms with Gasteiger partial charge in [0.1, 0.15) is 16.5 Å². The van der Waals surface area contributed by atoms with E-state index < -0.39 is 0 Å². The highest BCUT2D eigenvalue weighted by atomic mass is 32.1. The van der Waals surface area contributed by atoms with Crippen LogP contribution in [0.5, 0.6) is 0 Å². The largest absolute Gasteiger partial charge is 0.382 e. The van der Waals surface area contributed by atoms with E-state index >= 15 is 0 Å². The van der Waals surface area contributed by atoms with Crippen LogP contribution in [-0.4, -0.2) is 21.1 Å². The second-order valence-corrected chi connectivity index (χ2v) is 4.62. The quantitative estimate of drug-likeness (QED) is 0.764. The Bertz CT molecular complexity index is 532. The maximum Gasteiger partial charge on any atom is 0.269 e. The zero-order valence-electron chi connectivity index (χ0n) is 9.52. The highest BCUT2D eigenvalue weighted by molar-refractivity contribution is 7.09. The molecular weight excluding hydrogens is 238 g/mol. The van der Waals surface area contributed by atoms with Crippen LogP contribution in [-0.2, 0) is 0 Å². The Morgan fingerprint density at radius 3 is 2.94 bits per heavy atom. The molecule has 4 N–H and O–H groups in total. The van der Waals surface area contributed by atoms with Gasteiger partial charge in [-0.2, -0.15) is 5.10 Å². The molecule has 7 heteroatoms. The molecule has 0 unspecified atom stereocenters. The van der Waals surface area contributed by atoms with Crippen molar-refractivity contribution in [2.24, 2.45) is 0 Å². The van der Waals surface area contributed by atoms with Gasteiger partial charge in [-0.3, -0.25) is 9.89 Å². The lowest BCUT2D eigenvalue weighted by Crippen LogP contribution is -2.26. The molecule has 2 rings (SSSR count). The number of amides is 1. The summed E-state index contributed by atoms with van der Waals surface area (Å²) < 4.78 is 0. The number of rotatable bonds is 3. The average molecular weight is 251 g/mol. The molecule has 2 aromatic rings. The number of aryl methyl sites for hydroxylation is 1. The number of carbonyl (C=O) groups excluding carboxylic acids is 1. The molecule has 0 bridgehead atoms. The molecule has 17 heavy (non-hydrogen) atoms. The predicted octanol–water partition coefficient (Wildman–Crippen LogP) is 1.25. The van der Waals surface area contributed by atoms with Crippen molar-refractivity contribution in [1.29, 1.82) is 0 Å². The molecule has 0 aliphatic heterocycles. The number of hydrogen-bond acceptors (Lipinski definition) is 5. The molecule has 90 valence electrons. The van der Waals surface area contributed by atoms with Crippen molar-refractivity contribution in [3.63, 3.8) is 0 Å². The summed E-state index contributed by atoms with van der Waals surface area (Å²) in [5, 5.41) is 11.9. The Kier molecular flexibility index (Phi) is 3.10. The number of thiazole rings is 1. The molecule has 0 saturated carbocycles. The summed E-state index contributed by atoms with van der Waals surface area (Å²) >= 11 is 1.52. The van der Waals surface area contributed by atoms with Crippen LogP contribution in [0.1, 0.15) is 34.2 Å². The van der Waals surface area contributed by atoms with Gasteiger partial charge < -0.3 is 11.1 Å². The molecule has 6 nitrogen and oxygen atoms in total. The van der Waals surface area contributed by atoms with E-state index in [-0.39, 0.29) is 11.9 Å². The minimum atomic E-state index is -0.241. The third kappa shape index (κ3) is 2.62. The van der Waals surface area contributed by atoms with Crippen LogP contribution in [0.25, 0.3) is 0 Å². The number of anilines is 1. The molecule has 0 aromatic carbocycles. The van der Waals surface area contributed by atoms with Crippen molar-refractivity contribution in [3.05, 3.63) is 27.8 Å². The lowest BCUT2D eigenvalue weighted by Gasteiger charge is -2.09. The Hall–Kier alpha value is -1.89. The number of H-pyrrole nitrogens is 1. The smallest absolute Gasteiger partial charge is 0.269 e. The highest BCUT2D eigenvalue weighted by Gasteiger charge is 2.15. The van der Waals surface area contributed by atoms with Gasteiger partial charge in [-0.25, -0.2) is 4.98 Å². The minimum Gasteiger partial charge on any atom is -0.382 e. The highest BCUT2D eigenvalue weighted by Crippen LogP contribution is 2.17. The van der Waals surface area contributed by atoms with Crippen LogP contribution in [0.4, 0.5) is 5.82 Å². The zero-order chi connectivity index (χ0) is 12.4. The number of nitrogens with two attached hydrogens (primary N) is 1.